The van der Waals surface area contributed by atoms with E-state index in [1.807, 2.05) is 6.92 Å². The summed E-state index contributed by atoms with van der Waals surface area (Å²) in [4.78, 5) is 12.0. The smallest absolute Gasteiger partial charge is 0.267 e. The van der Waals surface area contributed by atoms with Gasteiger partial charge in [-0.15, -0.1) is 0 Å². The summed E-state index contributed by atoms with van der Waals surface area (Å²) in [5, 5.41) is 9.21. The van der Waals surface area contributed by atoms with Crippen LogP contribution in [0.5, 0.6) is 0 Å². The number of hydrogen-bond acceptors (Lipinski definition) is 3. The minimum atomic E-state index is -0.379. The molecule has 5 nitrogen and oxygen atoms in total. The maximum Gasteiger partial charge on any atom is 0.272 e. The van der Waals surface area contributed by atoms with E-state index in [4.69, 9.17) is 23.2 Å². The van der Waals surface area contributed by atoms with Gasteiger partial charge in [-0.3, -0.25) is 9.48 Å². The van der Waals surface area contributed by atoms with Crippen LogP contribution in [0.1, 0.15) is 35.5 Å². The van der Waals surface area contributed by atoms with Crippen molar-refractivity contribution in [3.63, 3.8) is 0 Å². The molecule has 0 saturated heterocycles. The molecule has 0 aliphatic heterocycles. The zero-order valence-electron chi connectivity index (χ0n) is 13.2. The van der Waals surface area contributed by atoms with Crippen LogP contribution in [0.2, 0.25) is 10.2 Å². The number of aromatic nitrogens is 2. The van der Waals surface area contributed by atoms with Gasteiger partial charge in [0, 0.05) is 6.54 Å². The van der Waals surface area contributed by atoms with Crippen LogP contribution >= 0.6 is 23.2 Å². The Kier molecular flexibility index (Phi) is 5.80. The maximum atomic E-state index is 12.0. The van der Waals surface area contributed by atoms with Crippen LogP contribution in [0.25, 0.3) is 0 Å². The number of nitrogens with zero attached hydrogens (tertiary/aromatic N) is 3. The van der Waals surface area contributed by atoms with Crippen molar-refractivity contribution in [2.24, 2.45) is 11.0 Å². The van der Waals surface area contributed by atoms with E-state index in [-0.39, 0.29) is 5.91 Å². The van der Waals surface area contributed by atoms with E-state index in [0.29, 0.717) is 27.2 Å². The fraction of sp³-hybridized carbons (Fsp3) is 0.312. The number of nitrogens with one attached hydrogen (secondary N) is 1. The van der Waals surface area contributed by atoms with Gasteiger partial charge in [0.2, 0.25) is 0 Å². The summed E-state index contributed by atoms with van der Waals surface area (Å²) in [5.74, 6) is 0.0479. The molecule has 1 aromatic heterocycles. The summed E-state index contributed by atoms with van der Waals surface area (Å²) in [7, 11) is 0. The Morgan fingerprint density at radius 2 is 2.09 bits per heavy atom. The quantitative estimate of drug-likeness (QED) is 0.654. The van der Waals surface area contributed by atoms with E-state index >= 15 is 0 Å². The van der Waals surface area contributed by atoms with Crippen molar-refractivity contribution in [2.75, 3.05) is 0 Å². The Balaban J connectivity index is 2.11. The molecule has 0 aliphatic carbocycles. The van der Waals surface area contributed by atoms with Gasteiger partial charge in [-0.1, -0.05) is 49.2 Å². The average molecular weight is 353 g/mol. The van der Waals surface area contributed by atoms with Gasteiger partial charge in [0.05, 0.1) is 28.1 Å². The Morgan fingerprint density at radius 3 is 2.74 bits per heavy atom. The fourth-order valence-corrected chi connectivity index (χ4v) is 2.56. The third kappa shape index (κ3) is 4.33. The van der Waals surface area contributed by atoms with Crippen molar-refractivity contribution in [3.8, 4) is 0 Å². The second-order valence-corrected chi connectivity index (χ2v) is 6.31. The normalized spacial score (nSPS) is 11.4. The Labute approximate surface area is 145 Å². The molecular weight excluding hydrogens is 335 g/mol. The van der Waals surface area contributed by atoms with Gasteiger partial charge in [0.25, 0.3) is 5.91 Å². The standard InChI is InChI=1S/C16H18Cl2N4O/c1-10(2)9-22-15(18)13(11(3)21-22)8-19-20-16(23)12-6-4-5-7-14(12)17/h4-8,10H,9H2,1-3H3,(H,20,23)/b19-8-. The van der Waals surface area contributed by atoms with E-state index in [1.54, 1.807) is 28.9 Å². The van der Waals surface area contributed by atoms with Crippen LogP contribution in [0.3, 0.4) is 0 Å². The number of hydrazone groups is 1. The first-order valence-corrected chi connectivity index (χ1v) is 7.96. The topological polar surface area (TPSA) is 59.3 Å². The number of aryl methyl sites for hydroxylation is 1. The molecule has 0 fully saturated rings. The van der Waals surface area contributed by atoms with Gasteiger partial charge in [0.15, 0.2) is 0 Å². The number of amides is 1. The lowest BCUT2D eigenvalue weighted by atomic mass is 10.2. The first kappa shape index (κ1) is 17.5. The molecule has 7 heteroatoms. The van der Waals surface area contributed by atoms with Crippen molar-refractivity contribution < 1.29 is 4.79 Å². The van der Waals surface area contributed by atoms with Gasteiger partial charge in [0.1, 0.15) is 5.15 Å². The van der Waals surface area contributed by atoms with Crippen LogP contribution in [0.4, 0.5) is 0 Å². The molecule has 1 heterocycles. The van der Waals surface area contributed by atoms with E-state index < -0.39 is 0 Å². The van der Waals surface area contributed by atoms with Crippen molar-refractivity contribution in [1.29, 1.82) is 0 Å². The van der Waals surface area contributed by atoms with Crippen molar-refractivity contribution in [2.45, 2.75) is 27.3 Å². The molecule has 2 rings (SSSR count). The van der Waals surface area contributed by atoms with Crippen LogP contribution in [0, 0.1) is 12.8 Å². The summed E-state index contributed by atoms with van der Waals surface area (Å²) in [6, 6.07) is 6.78. The SMILES string of the molecule is Cc1nn(CC(C)C)c(Cl)c1/C=N\NC(=O)c1ccccc1Cl. The Morgan fingerprint density at radius 1 is 1.39 bits per heavy atom. The maximum absolute atomic E-state index is 12.0. The van der Waals surface area contributed by atoms with Gasteiger partial charge < -0.3 is 0 Å². The summed E-state index contributed by atoms with van der Waals surface area (Å²) in [6.45, 7) is 6.75. The highest BCUT2D eigenvalue weighted by molar-refractivity contribution is 6.34. The van der Waals surface area contributed by atoms with E-state index in [2.05, 4.69) is 29.5 Å². The zero-order chi connectivity index (χ0) is 17.0. The summed E-state index contributed by atoms with van der Waals surface area (Å²) < 4.78 is 1.73. The molecule has 1 amide bonds. The van der Waals surface area contributed by atoms with Crippen LogP contribution in [0.15, 0.2) is 29.4 Å². The van der Waals surface area contributed by atoms with Gasteiger partial charge in [-0.25, -0.2) is 5.43 Å². The van der Waals surface area contributed by atoms with E-state index in [1.165, 1.54) is 6.21 Å². The molecule has 2 aromatic rings. The molecule has 0 atom stereocenters. The molecule has 1 aromatic carbocycles. The van der Waals surface area contributed by atoms with Gasteiger partial charge >= 0.3 is 0 Å². The highest BCUT2D eigenvalue weighted by atomic mass is 35.5. The predicted octanol–water partition coefficient (Wildman–Crippen LogP) is 3.92. The number of hydrogen-bond donors (Lipinski definition) is 1. The van der Waals surface area contributed by atoms with Gasteiger partial charge in [-0.2, -0.15) is 10.2 Å². The van der Waals surface area contributed by atoms with E-state index in [0.717, 1.165) is 12.2 Å². The predicted molar refractivity (Wildman–Crippen MR) is 93.3 cm³/mol. The lowest BCUT2D eigenvalue weighted by Gasteiger charge is -2.05. The second kappa shape index (κ2) is 7.62. The molecule has 1 N–H and O–H groups in total. The number of carbonyl (C=O) groups excluding carboxylic acids is 1. The number of benzene rings is 1. The minimum Gasteiger partial charge on any atom is -0.267 e. The van der Waals surface area contributed by atoms with Crippen molar-refractivity contribution in [3.05, 3.63) is 51.3 Å². The number of halogens is 2. The first-order valence-electron chi connectivity index (χ1n) is 7.21. The lowest BCUT2D eigenvalue weighted by molar-refractivity contribution is 0.0955. The lowest BCUT2D eigenvalue weighted by Crippen LogP contribution is -2.18. The Bertz CT molecular complexity index is 738. The molecule has 0 saturated carbocycles. The summed E-state index contributed by atoms with van der Waals surface area (Å²) >= 11 is 12.3. The third-order valence-electron chi connectivity index (χ3n) is 3.13. The largest absolute Gasteiger partial charge is 0.272 e. The number of rotatable bonds is 5. The molecule has 0 radical (unpaired) electrons. The third-order valence-corrected chi connectivity index (χ3v) is 3.85. The highest BCUT2D eigenvalue weighted by Crippen LogP contribution is 2.19. The summed E-state index contributed by atoms with van der Waals surface area (Å²) in [6.07, 6.45) is 1.50. The molecule has 0 bridgehead atoms. The van der Waals surface area contributed by atoms with Gasteiger partial charge in [-0.05, 0) is 25.0 Å². The van der Waals surface area contributed by atoms with E-state index in [9.17, 15) is 4.79 Å². The highest BCUT2D eigenvalue weighted by Gasteiger charge is 2.13. The van der Waals surface area contributed by atoms with Crippen LogP contribution in [-0.2, 0) is 6.54 Å². The zero-order valence-corrected chi connectivity index (χ0v) is 14.7. The average Bonchev–Trinajstić information content (AvgIpc) is 2.74. The molecule has 23 heavy (non-hydrogen) atoms. The first-order chi connectivity index (χ1) is 10.9. The van der Waals surface area contributed by atoms with Crippen molar-refractivity contribution >= 4 is 35.3 Å². The molecule has 0 aliphatic rings. The van der Waals surface area contributed by atoms with Crippen molar-refractivity contribution in [1.82, 2.24) is 15.2 Å². The molecule has 0 unspecified atom stereocenters. The molecule has 122 valence electrons. The molecular formula is C16H18Cl2N4O. The number of carbonyl (C=O) groups is 1. The summed E-state index contributed by atoms with van der Waals surface area (Å²) in [5.41, 5.74) is 4.25. The molecule has 0 spiro atoms. The van der Waals surface area contributed by atoms with Crippen LogP contribution in [-0.4, -0.2) is 21.9 Å². The second-order valence-electron chi connectivity index (χ2n) is 5.54. The Hall–Kier alpha value is -1.85. The monoisotopic (exact) mass is 352 g/mol. The van der Waals surface area contributed by atoms with Crippen LogP contribution < -0.4 is 5.43 Å². The minimum absolute atomic E-state index is 0.365. The fourth-order valence-electron chi connectivity index (χ4n) is 2.04.